The highest BCUT2D eigenvalue weighted by Crippen LogP contribution is 2.15. The predicted octanol–water partition coefficient (Wildman–Crippen LogP) is 3.34. The summed E-state index contributed by atoms with van der Waals surface area (Å²) in [5.41, 5.74) is 1.25. The Labute approximate surface area is 134 Å². The van der Waals surface area contributed by atoms with E-state index in [1.54, 1.807) is 43.3 Å². The molecule has 0 aromatic heterocycles. The van der Waals surface area contributed by atoms with E-state index in [1.165, 1.54) is 0 Å². The van der Waals surface area contributed by atoms with Gasteiger partial charge in [-0.05, 0) is 31.2 Å². The molecule has 0 saturated heterocycles. The number of amides is 1. The fourth-order valence-corrected chi connectivity index (χ4v) is 2.10. The van der Waals surface area contributed by atoms with Crippen molar-refractivity contribution in [2.45, 2.75) is 19.4 Å². The molecular formula is C18H19NO4. The monoisotopic (exact) mass is 313 g/mol. The smallest absolute Gasteiger partial charge is 0.404 e. The van der Waals surface area contributed by atoms with E-state index >= 15 is 0 Å². The van der Waals surface area contributed by atoms with Gasteiger partial charge in [-0.1, -0.05) is 30.3 Å². The molecule has 1 atom stereocenters. The van der Waals surface area contributed by atoms with Gasteiger partial charge in [0.1, 0.15) is 5.75 Å². The Bertz CT molecular complexity index is 652. The maximum absolute atomic E-state index is 12.3. The minimum Gasteiger partial charge on any atom is -0.494 e. The average Bonchev–Trinajstić information content (AvgIpc) is 2.55. The molecule has 0 bridgehead atoms. The van der Waals surface area contributed by atoms with Crippen molar-refractivity contribution in [3.05, 3.63) is 65.7 Å². The lowest BCUT2D eigenvalue weighted by Gasteiger charge is -2.12. The summed E-state index contributed by atoms with van der Waals surface area (Å²) >= 11 is 0. The van der Waals surface area contributed by atoms with Gasteiger partial charge in [0, 0.05) is 23.6 Å². The van der Waals surface area contributed by atoms with Crippen molar-refractivity contribution in [1.29, 1.82) is 0 Å². The fourth-order valence-electron chi connectivity index (χ4n) is 2.10. The molecule has 0 saturated carbocycles. The first kappa shape index (κ1) is 16.5. The van der Waals surface area contributed by atoms with Crippen LogP contribution in [0.1, 0.15) is 29.3 Å². The highest BCUT2D eigenvalue weighted by molar-refractivity contribution is 6.08. The Morgan fingerprint density at radius 2 is 1.65 bits per heavy atom. The lowest BCUT2D eigenvalue weighted by Crippen LogP contribution is -2.32. The van der Waals surface area contributed by atoms with E-state index < -0.39 is 6.09 Å². The van der Waals surface area contributed by atoms with E-state index in [9.17, 15) is 9.59 Å². The Hall–Kier alpha value is -2.82. The fraction of sp³-hybridized carbons (Fsp3) is 0.222. The first-order valence-corrected chi connectivity index (χ1v) is 7.38. The minimum absolute atomic E-state index is 0.0311. The zero-order valence-corrected chi connectivity index (χ0v) is 12.9. The van der Waals surface area contributed by atoms with Gasteiger partial charge in [0.25, 0.3) is 0 Å². The highest BCUT2D eigenvalue weighted by Gasteiger charge is 2.09. The molecule has 0 aliphatic heterocycles. The van der Waals surface area contributed by atoms with E-state index in [0.717, 1.165) is 0 Å². The van der Waals surface area contributed by atoms with Crippen molar-refractivity contribution in [3.8, 4) is 5.75 Å². The first-order chi connectivity index (χ1) is 11.1. The van der Waals surface area contributed by atoms with E-state index in [-0.39, 0.29) is 11.8 Å². The topological polar surface area (TPSA) is 75.6 Å². The molecule has 1 amide bonds. The lowest BCUT2D eigenvalue weighted by atomic mass is 10.0. The third kappa shape index (κ3) is 5.14. The minimum atomic E-state index is -1.04. The average molecular weight is 313 g/mol. The van der Waals surface area contributed by atoms with Crippen molar-refractivity contribution >= 4 is 11.9 Å². The molecule has 0 fully saturated rings. The summed E-state index contributed by atoms with van der Waals surface area (Å²) in [4.78, 5) is 22.7. The molecule has 2 rings (SSSR count). The van der Waals surface area contributed by atoms with Crippen LogP contribution in [-0.2, 0) is 0 Å². The Kier molecular flexibility index (Phi) is 5.74. The normalized spacial score (nSPS) is 11.5. The number of benzene rings is 2. The SMILES string of the molecule is CC(CCOc1ccc(C(=O)c2ccccc2)cc1)NC(=O)O. The summed E-state index contributed by atoms with van der Waals surface area (Å²) in [6, 6.07) is 15.9. The molecule has 1 unspecified atom stereocenters. The molecule has 2 N–H and O–H groups in total. The first-order valence-electron chi connectivity index (χ1n) is 7.38. The molecule has 0 radical (unpaired) electrons. The summed E-state index contributed by atoms with van der Waals surface area (Å²) in [6.45, 7) is 2.17. The second-order valence-electron chi connectivity index (χ2n) is 5.21. The largest absolute Gasteiger partial charge is 0.494 e. The van der Waals surface area contributed by atoms with E-state index in [2.05, 4.69) is 5.32 Å². The van der Waals surface area contributed by atoms with Crippen LogP contribution in [-0.4, -0.2) is 29.6 Å². The summed E-state index contributed by atoms with van der Waals surface area (Å²) < 4.78 is 5.55. The molecular weight excluding hydrogens is 294 g/mol. The Morgan fingerprint density at radius 1 is 1.04 bits per heavy atom. The van der Waals surface area contributed by atoms with Gasteiger partial charge in [-0.15, -0.1) is 0 Å². The van der Waals surface area contributed by atoms with Crippen molar-refractivity contribution in [2.24, 2.45) is 0 Å². The number of carbonyl (C=O) groups is 2. The van der Waals surface area contributed by atoms with Crippen LogP contribution in [0.25, 0.3) is 0 Å². The third-order valence-corrected chi connectivity index (χ3v) is 3.34. The van der Waals surface area contributed by atoms with Gasteiger partial charge >= 0.3 is 6.09 Å². The number of rotatable bonds is 7. The molecule has 0 aliphatic rings. The number of carbonyl (C=O) groups excluding carboxylic acids is 1. The van der Waals surface area contributed by atoms with Crippen LogP contribution in [0.4, 0.5) is 4.79 Å². The van der Waals surface area contributed by atoms with E-state index in [4.69, 9.17) is 9.84 Å². The molecule has 2 aromatic carbocycles. The van der Waals surface area contributed by atoms with Crippen molar-refractivity contribution < 1.29 is 19.4 Å². The van der Waals surface area contributed by atoms with Crippen LogP contribution < -0.4 is 10.1 Å². The molecule has 2 aromatic rings. The summed E-state index contributed by atoms with van der Waals surface area (Å²) in [6.07, 6.45) is -0.474. The molecule has 120 valence electrons. The standard InChI is InChI=1S/C18H19NO4/c1-13(19-18(21)22)11-12-23-16-9-7-15(8-10-16)17(20)14-5-3-2-4-6-14/h2-10,13,19H,11-12H2,1H3,(H,21,22). The van der Waals surface area contributed by atoms with Crippen molar-refractivity contribution in [3.63, 3.8) is 0 Å². The van der Waals surface area contributed by atoms with Gasteiger partial charge < -0.3 is 15.2 Å². The summed E-state index contributed by atoms with van der Waals surface area (Å²) in [7, 11) is 0. The molecule has 0 spiro atoms. The van der Waals surface area contributed by atoms with Crippen LogP contribution in [0.5, 0.6) is 5.75 Å². The van der Waals surface area contributed by atoms with Crippen LogP contribution in [0.2, 0.25) is 0 Å². The van der Waals surface area contributed by atoms with Crippen molar-refractivity contribution in [1.82, 2.24) is 5.32 Å². The van der Waals surface area contributed by atoms with E-state index in [0.29, 0.717) is 29.9 Å². The van der Waals surface area contributed by atoms with Gasteiger partial charge in [0.2, 0.25) is 0 Å². The quantitative estimate of drug-likeness (QED) is 0.769. The van der Waals surface area contributed by atoms with Gasteiger partial charge in [-0.25, -0.2) is 4.79 Å². The molecule has 0 heterocycles. The number of carboxylic acid groups (broad SMARTS) is 1. The van der Waals surface area contributed by atoms with Gasteiger partial charge in [0.15, 0.2) is 5.78 Å². The maximum atomic E-state index is 12.3. The van der Waals surface area contributed by atoms with Gasteiger partial charge in [-0.3, -0.25) is 4.79 Å². The Morgan fingerprint density at radius 3 is 2.26 bits per heavy atom. The van der Waals surface area contributed by atoms with Crippen LogP contribution >= 0.6 is 0 Å². The second-order valence-corrected chi connectivity index (χ2v) is 5.21. The number of ketones is 1. The molecule has 5 heteroatoms. The predicted molar refractivity (Wildman–Crippen MR) is 87.1 cm³/mol. The molecule has 0 aliphatic carbocycles. The van der Waals surface area contributed by atoms with Crippen LogP contribution in [0.15, 0.2) is 54.6 Å². The van der Waals surface area contributed by atoms with Crippen LogP contribution in [0.3, 0.4) is 0 Å². The highest BCUT2D eigenvalue weighted by atomic mass is 16.5. The number of hydrogen-bond acceptors (Lipinski definition) is 3. The van der Waals surface area contributed by atoms with Gasteiger partial charge in [-0.2, -0.15) is 0 Å². The van der Waals surface area contributed by atoms with E-state index in [1.807, 2.05) is 18.2 Å². The summed E-state index contributed by atoms with van der Waals surface area (Å²) in [5, 5.41) is 11.0. The number of ether oxygens (including phenoxy) is 1. The Balaban J connectivity index is 1.87. The second kappa shape index (κ2) is 7.98. The van der Waals surface area contributed by atoms with Crippen molar-refractivity contribution in [2.75, 3.05) is 6.61 Å². The van der Waals surface area contributed by atoms with Crippen LogP contribution in [0, 0.1) is 0 Å². The third-order valence-electron chi connectivity index (χ3n) is 3.34. The number of hydrogen-bond donors (Lipinski definition) is 2. The zero-order valence-electron chi connectivity index (χ0n) is 12.9. The van der Waals surface area contributed by atoms with Gasteiger partial charge in [0.05, 0.1) is 6.61 Å². The zero-order chi connectivity index (χ0) is 16.7. The molecule has 5 nitrogen and oxygen atoms in total. The molecule has 23 heavy (non-hydrogen) atoms. The summed E-state index contributed by atoms with van der Waals surface area (Å²) in [5.74, 6) is 0.619. The maximum Gasteiger partial charge on any atom is 0.404 e. The number of nitrogens with one attached hydrogen (secondary N) is 1. The lowest BCUT2D eigenvalue weighted by molar-refractivity contribution is 0.103.